The van der Waals surface area contributed by atoms with Crippen molar-refractivity contribution in [2.75, 3.05) is 26.7 Å². The number of hydrogen-bond donors (Lipinski definition) is 1. The van der Waals surface area contributed by atoms with Crippen LogP contribution in [0, 0.1) is 0 Å². The Kier molecular flexibility index (Phi) is 3.41. The fourth-order valence-corrected chi connectivity index (χ4v) is 2.18. The monoisotopic (exact) mass is 253 g/mol. The first kappa shape index (κ1) is 13.0. The maximum Gasteiger partial charge on any atom is 0.358 e. The zero-order valence-corrected chi connectivity index (χ0v) is 11.0. The van der Waals surface area contributed by atoms with E-state index in [2.05, 4.69) is 35.9 Å². The summed E-state index contributed by atoms with van der Waals surface area (Å²) in [5.74, 6) is -0.448. The third-order valence-corrected chi connectivity index (χ3v) is 3.55. The van der Waals surface area contributed by atoms with Gasteiger partial charge in [-0.15, -0.1) is 0 Å². The number of hydrogen-bond acceptors (Lipinski definition) is 5. The van der Waals surface area contributed by atoms with Crippen LogP contribution in [0.1, 0.15) is 30.1 Å². The highest BCUT2D eigenvalue weighted by Crippen LogP contribution is 2.20. The van der Waals surface area contributed by atoms with Crippen molar-refractivity contribution in [1.82, 2.24) is 15.0 Å². The van der Waals surface area contributed by atoms with E-state index < -0.39 is 5.97 Å². The number of rotatable bonds is 3. The standard InChI is InChI=1S/C12H19N3O3/c1-12(2)8-15(5-4-14(12)3)7-9-6-10(11(16)17)13-18-9/h6H,4-5,7-8H2,1-3H3,(H,16,17). The lowest BCUT2D eigenvalue weighted by molar-refractivity contribution is 0.0319. The minimum Gasteiger partial charge on any atom is -0.476 e. The summed E-state index contributed by atoms with van der Waals surface area (Å²) in [5.41, 5.74) is 0.0897. The third-order valence-electron chi connectivity index (χ3n) is 3.55. The highest BCUT2D eigenvalue weighted by molar-refractivity contribution is 5.85. The molecule has 0 saturated carbocycles. The molecule has 0 bridgehead atoms. The van der Waals surface area contributed by atoms with Gasteiger partial charge in [-0.05, 0) is 20.9 Å². The number of carboxylic acid groups (broad SMARTS) is 1. The van der Waals surface area contributed by atoms with E-state index in [0.29, 0.717) is 12.3 Å². The summed E-state index contributed by atoms with van der Waals surface area (Å²) in [4.78, 5) is 15.3. The first-order valence-corrected chi connectivity index (χ1v) is 6.01. The van der Waals surface area contributed by atoms with Gasteiger partial charge in [0.25, 0.3) is 0 Å². The summed E-state index contributed by atoms with van der Waals surface area (Å²) in [6.07, 6.45) is 0. The van der Waals surface area contributed by atoms with E-state index in [-0.39, 0.29) is 11.2 Å². The summed E-state index contributed by atoms with van der Waals surface area (Å²) in [6.45, 7) is 7.87. The molecule has 1 aliphatic rings. The normalized spacial score (nSPS) is 21.1. The molecule has 1 N–H and O–H groups in total. The van der Waals surface area contributed by atoms with Gasteiger partial charge in [-0.2, -0.15) is 0 Å². The second-order valence-corrected chi connectivity index (χ2v) is 5.43. The summed E-state index contributed by atoms with van der Waals surface area (Å²) in [7, 11) is 2.12. The van der Waals surface area contributed by atoms with Crippen molar-refractivity contribution in [3.05, 3.63) is 17.5 Å². The molecule has 0 aromatic carbocycles. The Labute approximate surface area is 106 Å². The number of likely N-dealkylation sites (N-methyl/N-ethyl adjacent to an activating group) is 1. The Morgan fingerprint density at radius 3 is 2.83 bits per heavy atom. The van der Waals surface area contributed by atoms with Crippen LogP contribution in [0.25, 0.3) is 0 Å². The Morgan fingerprint density at radius 2 is 2.28 bits per heavy atom. The van der Waals surface area contributed by atoms with Crippen molar-refractivity contribution >= 4 is 5.97 Å². The van der Waals surface area contributed by atoms with E-state index >= 15 is 0 Å². The molecule has 1 fully saturated rings. The largest absolute Gasteiger partial charge is 0.476 e. The van der Waals surface area contributed by atoms with Crippen LogP contribution in [0.4, 0.5) is 0 Å². The number of nitrogens with zero attached hydrogens (tertiary/aromatic N) is 3. The lowest BCUT2D eigenvalue weighted by Crippen LogP contribution is -2.57. The smallest absolute Gasteiger partial charge is 0.358 e. The first-order valence-electron chi connectivity index (χ1n) is 6.01. The summed E-state index contributed by atoms with van der Waals surface area (Å²) in [5, 5.41) is 12.3. The molecule has 6 heteroatoms. The molecule has 1 aromatic rings. The summed E-state index contributed by atoms with van der Waals surface area (Å²) in [6, 6.07) is 1.49. The van der Waals surface area contributed by atoms with E-state index in [9.17, 15) is 4.79 Å². The Bertz CT molecular complexity index is 442. The number of carbonyl (C=O) groups is 1. The van der Waals surface area contributed by atoms with Crippen LogP contribution in [0.5, 0.6) is 0 Å². The van der Waals surface area contributed by atoms with Crippen LogP contribution >= 0.6 is 0 Å². The quantitative estimate of drug-likeness (QED) is 0.863. The third kappa shape index (κ3) is 2.70. The van der Waals surface area contributed by atoms with E-state index in [1.54, 1.807) is 0 Å². The molecule has 1 aromatic heterocycles. The topological polar surface area (TPSA) is 69.8 Å². The van der Waals surface area contributed by atoms with Gasteiger partial charge in [-0.1, -0.05) is 5.16 Å². The molecular formula is C12H19N3O3. The van der Waals surface area contributed by atoms with Gasteiger partial charge in [-0.3, -0.25) is 9.80 Å². The molecule has 0 aliphatic carbocycles. The second kappa shape index (κ2) is 4.70. The predicted molar refractivity (Wildman–Crippen MR) is 65.4 cm³/mol. The van der Waals surface area contributed by atoms with Gasteiger partial charge >= 0.3 is 5.97 Å². The second-order valence-electron chi connectivity index (χ2n) is 5.43. The highest BCUT2D eigenvalue weighted by atomic mass is 16.5. The summed E-state index contributed by atoms with van der Waals surface area (Å²) < 4.78 is 5.04. The van der Waals surface area contributed by atoms with Crippen molar-refractivity contribution < 1.29 is 14.4 Å². The number of aromatic nitrogens is 1. The van der Waals surface area contributed by atoms with Crippen molar-refractivity contribution in [2.45, 2.75) is 25.9 Å². The van der Waals surface area contributed by atoms with Gasteiger partial charge in [0.15, 0.2) is 11.5 Å². The van der Waals surface area contributed by atoms with E-state index in [4.69, 9.17) is 9.63 Å². The summed E-state index contributed by atoms with van der Waals surface area (Å²) >= 11 is 0. The molecule has 1 aliphatic heterocycles. The lowest BCUT2D eigenvalue weighted by Gasteiger charge is -2.45. The minimum absolute atomic E-state index is 0.0293. The van der Waals surface area contributed by atoms with E-state index in [1.165, 1.54) is 6.07 Å². The molecule has 0 unspecified atom stereocenters. The molecule has 2 heterocycles. The fourth-order valence-electron chi connectivity index (χ4n) is 2.18. The van der Waals surface area contributed by atoms with Gasteiger partial charge in [-0.25, -0.2) is 4.79 Å². The Hall–Kier alpha value is -1.40. The molecule has 2 rings (SSSR count). The van der Waals surface area contributed by atoms with Crippen LogP contribution in [0.2, 0.25) is 0 Å². The van der Waals surface area contributed by atoms with Gasteiger partial charge in [0.1, 0.15) is 0 Å². The zero-order chi connectivity index (χ0) is 13.3. The molecular weight excluding hydrogens is 234 g/mol. The highest BCUT2D eigenvalue weighted by Gasteiger charge is 2.31. The first-order chi connectivity index (χ1) is 8.38. The van der Waals surface area contributed by atoms with Crippen molar-refractivity contribution in [2.24, 2.45) is 0 Å². The number of aromatic carboxylic acids is 1. The van der Waals surface area contributed by atoms with E-state index in [0.717, 1.165) is 19.6 Å². The lowest BCUT2D eigenvalue weighted by atomic mass is 10.00. The molecule has 18 heavy (non-hydrogen) atoms. The minimum atomic E-state index is -1.05. The molecule has 6 nitrogen and oxygen atoms in total. The van der Waals surface area contributed by atoms with Crippen LogP contribution in [-0.4, -0.2) is 58.3 Å². The van der Waals surface area contributed by atoms with Crippen LogP contribution in [-0.2, 0) is 6.54 Å². The van der Waals surface area contributed by atoms with E-state index in [1.807, 2.05) is 0 Å². The maximum absolute atomic E-state index is 10.7. The van der Waals surface area contributed by atoms with Crippen molar-refractivity contribution in [3.63, 3.8) is 0 Å². The fraction of sp³-hybridized carbons (Fsp3) is 0.667. The molecule has 1 saturated heterocycles. The molecule has 0 spiro atoms. The van der Waals surface area contributed by atoms with Crippen LogP contribution < -0.4 is 0 Å². The van der Waals surface area contributed by atoms with Gasteiger partial charge in [0.2, 0.25) is 0 Å². The molecule has 100 valence electrons. The van der Waals surface area contributed by atoms with Gasteiger partial charge < -0.3 is 9.63 Å². The Morgan fingerprint density at radius 1 is 1.56 bits per heavy atom. The van der Waals surface area contributed by atoms with Crippen molar-refractivity contribution in [1.29, 1.82) is 0 Å². The van der Waals surface area contributed by atoms with Crippen LogP contribution in [0.3, 0.4) is 0 Å². The maximum atomic E-state index is 10.7. The predicted octanol–water partition coefficient (Wildman–Crippen LogP) is 0.899. The van der Waals surface area contributed by atoms with Crippen LogP contribution in [0.15, 0.2) is 10.6 Å². The average Bonchev–Trinajstić information content (AvgIpc) is 2.72. The Balaban J connectivity index is 1.99. The number of piperazine rings is 1. The number of carboxylic acids is 1. The zero-order valence-electron chi connectivity index (χ0n) is 11.0. The molecule has 0 amide bonds. The van der Waals surface area contributed by atoms with Crippen molar-refractivity contribution in [3.8, 4) is 0 Å². The SMILES string of the molecule is CN1CCN(Cc2cc(C(=O)O)no2)CC1(C)C. The van der Waals surface area contributed by atoms with Gasteiger partial charge in [0.05, 0.1) is 6.54 Å². The van der Waals surface area contributed by atoms with Gasteiger partial charge in [0, 0.05) is 31.2 Å². The molecule has 0 radical (unpaired) electrons. The molecule has 0 atom stereocenters. The average molecular weight is 253 g/mol.